The predicted octanol–water partition coefficient (Wildman–Crippen LogP) is 2.13. The Morgan fingerprint density at radius 3 is 2.50 bits per heavy atom. The molecule has 0 aliphatic carbocycles. The van der Waals surface area contributed by atoms with Gasteiger partial charge in [-0.1, -0.05) is 25.5 Å². The number of anilines is 2. The van der Waals surface area contributed by atoms with Gasteiger partial charge in [-0.25, -0.2) is 9.59 Å². The SMILES string of the molecule is CCC[C@H](NC(=O)Nc1ccccc1N(C)C)C(=O)O. The van der Waals surface area contributed by atoms with Crippen molar-refractivity contribution in [3.05, 3.63) is 24.3 Å². The van der Waals surface area contributed by atoms with E-state index in [1.165, 1.54) is 0 Å². The standard InChI is InChI=1S/C14H21N3O3/c1-4-7-11(13(18)19)16-14(20)15-10-8-5-6-9-12(10)17(2)3/h5-6,8-9,11H,4,7H2,1-3H3,(H,18,19)(H2,15,16,20)/t11-/m0/s1. The quantitative estimate of drug-likeness (QED) is 0.745. The van der Waals surface area contributed by atoms with Crippen LogP contribution in [-0.4, -0.2) is 37.2 Å². The van der Waals surface area contributed by atoms with E-state index in [0.29, 0.717) is 18.5 Å². The van der Waals surface area contributed by atoms with Gasteiger partial charge in [0.05, 0.1) is 11.4 Å². The first-order chi connectivity index (χ1) is 9.45. The van der Waals surface area contributed by atoms with Crippen LogP contribution in [0.5, 0.6) is 0 Å². The Morgan fingerprint density at radius 2 is 1.95 bits per heavy atom. The van der Waals surface area contributed by atoms with Crippen LogP contribution in [0.25, 0.3) is 0 Å². The second-order valence-electron chi connectivity index (χ2n) is 4.69. The molecule has 1 atom stereocenters. The minimum atomic E-state index is -1.03. The van der Waals surface area contributed by atoms with Crippen LogP contribution >= 0.6 is 0 Å². The van der Waals surface area contributed by atoms with E-state index in [1.807, 2.05) is 44.1 Å². The average molecular weight is 279 g/mol. The van der Waals surface area contributed by atoms with Gasteiger partial charge in [0.2, 0.25) is 0 Å². The van der Waals surface area contributed by atoms with Gasteiger partial charge in [0.15, 0.2) is 0 Å². The highest BCUT2D eigenvalue weighted by molar-refractivity contribution is 5.95. The van der Waals surface area contributed by atoms with Crippen LogP contribution in [0.4, 0.5) is 16.2 Å². The smallest absolute Gasteiger partial charge is 0.326 e. The van der Waals surface area contributed by atoms with Crippen molar-refractivity contribution in [1.82, 2.24) is 5.32 Å². The number of carbonyl (C=O) groups is 2. The zero-order chi connectivity index (χ0) is 15.1. The van der Waals surface area contributed by atoms with Gasteiger partial charge < -0.3 is 20.6 Å². The van der Waals surface area contributed by atoms with E-state index in [0.717, 1.165) is 5.69 Å². The molecule has 0 saturated heterocycles. The van der Waals surface area contributed by atoms with Crippen molar-refractivity contribution in [1.29, 1.82) is 0 Å². The molecular weight excluding hydrogens is 258 g/mol. The summed E-state index contributed by atoms with van der Waals surface area (Å²) in [7, 11) is 3.74. The van der Waals surface area contributed by atoms with Gasteiger partial charge >= 0.3 is 12.0 Å². The topological polar surface area (TPSA) is 81.7 Å². The Hall–Kier alpha value is -2.24. The molecule has 0 saturated carbocycles. The van der Waals surface area contributed by atoms with Gasteiger partial charge in [0.1, 0.15) is 6.04 Å². The lowest BCUT2D eigenvalue weighted by atomic mass is 10.2. The second-order valence-corrected chi connectivity index (χ2v) is 4.69. The summed E-state index contributed by atoms with van der Waals surface area (Å²) in [5.74, 6) is -1.03. The molecule has 0 heterocycles. The zero-order valence-corrected chi connectivity index (χ0v) is 12.0. The Balaban J connectivity index is 2.73. The Morgan fingerprint density at radius 1 is 1.30 bits per heavy atom. The first-order valence-corrected chi connectivity index (χ1v) is 6.52. The Bertz CT molecular complexity index is 474. The third kappa shape index (κ3) is 4.46. The number of nitrogens with zero attached hydrogens (tertiary/aromatic N) is 1. The van der Waals surface area contributed by atoms with Crippen molar-refractivity contribution in [3.8, 4) is 0 Å². The highest BCUT2D eigenvalue weighted by Crippen LogP contribution is 2.23. The van der Waals surface area contributed by atoms with E-state index in [9.17, 15) is 9.59 Å². The van der Waals surface area contributed by atoms with E-state index >= 15 is 0 Å². The van der Waals surface area contributed by atoms with Gasteiger partial charge in [0, 0.05) is 14.1 Å². The summed E-state index contributed by atoms with van der Waals surface area (Å²) in [6, 6.07) is 5.94. The summed E-state index contributed by atoms with van der Waals surface area (Å²) < 4.78 is 0. The van der Waals surface area contributed by atoms with Gasteiger partial charge in [-0.05, 0) is 18.6 Å². The number of benzene rings is 1. The number of aliphatic carboxylic acids is 1. The van der Waals surface area contributed by atoms with E-state index in [4.69, 9.17) is 5.11 Å². The fourth-order valence-electron chi connectivity index (χ4n) is 1.83. The minimum Gasteiger partial charge on any atom is -0.480 e. The number of carboxylic acid groups (broad SMARTS) is 1. The fourth-order valence-corrected chi connectivity index (χ4v) is 1.83. The Labute approximate surface area is 118 Å². The normalized spacial score (nSPS) is 11.6. The summed E-state index contributed by atoms with van der Waals surface area (Å²) in [5.41, 5.74) is 1.49. The molecule has 0 radical (unpaired) electrons. The van der Waals surface area contributed by atoms with Crippen LogP contribution in [0.15, 0.2) is 24.3 Å². The van der Waals surface area contributed by atoms with Gasteiger partial charge in [-0.3, -0.25) is 0 Å². The second kappa shape index (κ2) is 7.37. The molecule has 1 rings (SSSR count). The molecule has 0 aliphatic heterocycles. The third-order valence-electron chi connectivity index (χ3n) is 2.81. The van der Waals surface area contributed by atoms with Crippen LogP contribution in [0, 0.1) is 0 Å². The molecule has 0 aliphatic rings. The van der Waals surface area contributed by atoms with Crippen LogP contribution in [0.2, 0.25) is 0 Å². The minimum absolute atomic E-state index is 0.401. The molecule has 3 N–H and O–H groups in total. The maximum Gasteiger partial charge on any atom is 0.326 e. The van der Waals surface area contributed by atoms with Crippen molar-refractivity contribution < 1.29 is 14.7 Å². The van der Waals surface area contributed by atoms with Gasteiger partial charge in [-0.15, -0.1) is 0 Å². The van der Waals surface area contributed by atoms with Crippen molar-refractivity contribution >= 4 is 23.4 Å². The number of carbonyl (C=O) groups excluding carboxylic acids is 1. The molecule has 1 aromatic carbocycles. The lowest BCUT2D eigenvalue weighted by molar-refractivity contribution is -0.139. The molecule has 0 aromatic heterocycles. The van der Waals surface area contributed by atoms with Crippen LogP contribution in [0.1, 0.15) is 19.8 Å². The molecule has 0 spiro atoms. The van der Waals surface area contributed by atoms with Crippen LogP contribution in [-0.2, 0) is 4.79 Å². The number of rotatable bonds is 6. The van der Waals surface area contributed by atoms with Crippen LogP contribution < -0.4 is 15.5 Å². The first kappa shape index (κ1) is 15.8. The monoisotopic (exact) mass is 279 g/mol. The molecule has 6 heteroatoms. The number of amides is 2. The molecule has 0 fully saturated rings. The van der Waals surface area contributed by atoms with E-state index in [1.54, 1.807) is 6.07 Å². The number of para-hydroxylation sites is 2. The maximum absolute atomic E-state index is 11.9. The van der Waals surface area contributed by atoms with Crippen molar-refractivity contribution in [3.63, 3.8) is 0 Å². The third-order valence-corrected chi connectivity index (χ3v) is 2.81. The number of carboxylic acids is 1. The van der Waals surface area contributed by atoms with Crippen molar-refractivity contribution in [2.75, 3.05) is 24.3 Å². The number of hydrogen-bond donors (Lipinski definition) is 3. The van der Waals surface area contributed by atoms with Crippen molar-refractivity contribution in [2.24, 2.45) is 0 Å². The fraction of sp³-hybridized carbons (Fsp3) is 0.429. The molecule has 0 unspecified atom stereocenters. The number of urea groups is 1. The van der Waals surface area contributed by atoms with Gasteiger partial charge in [0.25, 0.3) is 0 Å². The molecule has 2 amide bonds. The summed E-state index contributed by atoms with van der Waals surface area (Å²) in [5, 5.41) is 14.2. The lowest BCUT2D eigenvalue weighted by Gasteiger charge is -2.19. The Kier molecular flexibility index (Phi) is 5.83. The number of hydrogen-bond acceptors (Lipinski definition) is 3. The summed E-state index contributed by atoms with van der Waals surface area (Å²) >= 11 is 0. The maximum atomic E-state index is 11.9. The van der Waals surface area contributed by atoms with E-state index < -0.39 is 18.0 Å². The molecule has 0 bridgehead atoms. The first-order valence-electron chi connectivity index (χ1n) is 6.52. The molecular formula is C14H21N3O3. The summed E-state index contributed by atoms with van der Waals surface area (Å²) in [4.78, 5) is 24.7. The zero-order valence-electron chi connectivity index (χ0n) is 12.0. The summed E-state index contributed by atoms with van der Waals surface area (Å²) in [6.45, 7) is 1.87. The van der Waals surface area contributed by atoms with Crippen molar-refractivity contribution in [2.45, 2.75) is 25.8 Å². The summed E-state index contributed by atoms with van der Waals surface area (Å²) in [6.07, 6.45) is 1.09. The largest absolute Gasteiger partial charge is 0.480 e. The van der Waals surface area contributed by atoms with E-state index in [-0.39, 0.29) is 0 Å². The predicted molar refractivity (Wildman–Crippen MR) is 79.3 cm³/mol. The molecule has 1 aromatic rings. The highest BCUT2D eigenvalue weighted by Gasteiger charge is 2.19. The molecule has 20 heavy (non-hydrogen) atoms. The number of nitrogens with one attached hydrogen (secondary N) is 2. The van der Waals surface area contributed by atoms with Crippen LogP contribution in [0.3, 0.4) is 0 Å². The highest BCUT2D eigenvalue weighted by atomic mass is 16.4. The lowest BCUT2D eigenvalue weighted by Crippen LogP contribution is -2.43. The van der Waals surface area contributed by atoms with Gasteiger partial charge in [-0.2, -0.15) is 0 Å². The molecule has 6 nitrogen and oxygen atoms in total. The van der Waals surface area contributed by atoms with E-state index in [2.05, 4.69) is 10.6 Å². The average Bonchev–Trinajstić information content (AvgIpc) is 2.38. The molecule has 110 valence electrons.